The van der Waals surface area contributed by atoms with Crippen LogP contribution in [0.3, 0.4) is 0 Å². The lowest BCUT2D eigenvalue weighted by Gasteiger charge is -2.56. The molecule has 1 N–H and O–H groups in total. The lowest BCUT2D eigenvalue weighted by atomic mass is 9.47. The van der Waals surface area contributed by atoms with Crippen LogP contribution in [0.25, 0.3) is 0 Å². The summed E-state index contributed by atoms with van der Waals surface area (Å²) in [7, 11) is 0. The molecule has 0 heterocycles. The van der Waals surface area contributed by atoms with Gasteiger partial charge in [-0.3, -0.25) is 0 Å². The molecule has 78 valence electrons. The third kappa shape index (κ3) is 0.999. The molecule has 3 atom stereocenters. The molecular weight excluding hydrogens is 174 g/mol. The van der Waals surface area contributed by atoms with E-state index in [0.29, 0.717) is 11.8 Å². The topological polar surface area (TPSA) is 32.6 Å². The van der Waals surface area contributed by atoms with Gasteiger partial charge >= 0.3 is 0 Å². The van der Waals surface area contributed by atoms with Gasteiger partial charge in [-0.05, 0) is 31.6 Å². The molecule has 3 unspecified atom stereocenters. The molecule has 0 saturated heterocycles. The first-order chi connectivity index (χ1) is 6.80. The maximum absolute atomic E-state index is 9.09. The van der Waals surface area contributed by atoms with Crippen molar-refractivity contribution in [2.45, 2.75) is 39.5 Å². The second-order valence-corrected chi connectivity index (χ2v) is 4.50. The standard InChI is InChI=1S/C12H19NO/c1-3-9-10-7-5-6-8-12(10,4-2)11(9)13-14/h5,7,9-10,14H,3-4,6,8H2,1-2H3/b13-11+. The Morgan fingerprint density at radius 2 is 2.36 bits per heavy atom. The van der Waals surface area contributed by atoms with Gasteiger partial charge in [0.05, 0.1) is 5.71 Å². The van der Waals surface area contributed by atoms with E-state index in [1.165, 1.54) is 6.42 Å². The van der Waals surface area contributed by atoms with Gasteiger partial charge in [0.2, 0.25) is 0 Å². The van der Waals surface area contributed by atoms with E-state index < -0.39 is 0 Å². The SMILES string of the molecule is CCC1/C(=N\O)C2(CC)CCC=CC12. The predicted octanol–water partition coefficient (Wildman–Crippen LogP) is 3.22. The van der Waals surface area contributed by atoms with Crippen molar-refractivity contribution in [2.24, 2.45) is 22.4 Å². The average molecular weight is 193 g/mol. The lowest BCUT2D eigenvalue weighted by molar-refractivity contribution is 0.127. The fraction of sp³-hybridized carbons (Fsp3) is 0.750. The Balaban J connectivity index is 2.32. The Hall–Kier alpha value is -0.790. The molecule has 0 bridgehead atoms. The summed E-state index contributed by atoms with van der Waals surface area (Å²) in [6, 6.07) is 0. The number of nitrogens with zero attached hydrogens (tertiary/aromatic N) is 1. The van der Waals surface area contributed by atoms with Gasteiger partial charge in [0, 0.05) is 11.3 Å². The molecule has 2 rings (SSSR count). The quantitative estimate of drug-likeness (QED) is 0.407. The number of hydrogen-bond donors (Lipinski definition) is 1. The lowest BCUT2D eigenvalue weighted by Crippen LogP contribution is -2.57. The highest BCUT2D eigenvalue weighted by Gasteiger charge is 2.57. The number of rotatable bonds is 2. The molecule has 2 aliphatic carbocycles. The minimum atomic E-state index is 0.212. The monoisotopic (exact) mass is 193 g/mol. The van der Waals surface area contributed by atoms with E-state index in [-0.39, 0.29) is 5.41 Å². The second kappa shape index (κ2) is 3.41. The summed E-state index contributed by atoms with van der Waals surface area (Å²) in [5, 5.41) is 12.6. The normalized spacial score (nSPS) is 43.4. The molecule has 2 heteroatoms. The number of hydrogen-bond acceptors (Lipinski definition) is 2. The minimum Gasteiger partial charge on any atom is -0.411 e. The van der Waals surface area contributed by atoms with Gasteiger partial charge < -0.3 is 5.21 Å². The summed E-state index contributed by atoms with van der Waals surface area (Å²) in [6.45, 7) is 4.39. The molecule has 0 aromatic heterocycles. The average Bonchev–Trinajstić information content (AvgIpc) is 2.21. The number of oxime groups is 1. The zero-order valence-corrected chi connectivity index (χ0v) is 9.03. The van der Waals surface area contributed by atoms with Crippen molar-refractivity contribution in [1.82, 2.24) is 0 Å². The first kappa shape index (κ1) is 9.75. The summed E-state index contributed by atoms with van der Waals surface area (Å²) in [6.07, 6.45) is 9.14. The van der Waals surface area contributed by atoms with Crippen LogP contribution in [0.2, 0.25) is 0 Å². The van der Waals surface area contributed by atoms with Crippen LogP contribution in [0.1, 0.15) is 39.5 Å². The van der Waals surface area contributed by atoms with E-state index in [4.69, 9.17) is 5.21 Å². The van der Waals surface area contributed by atoms with Gasteiger partial charge in [-0.25, -0.2) is 0 Å². The molecule has 0 amide bonds. The van der Waals surface area contributed by atoms with Gasteiger partial charge in [-0.1, -0.05) is 31.2 Å². The van der Waals surface area contributed by atoms with Crippen LogP contribution in [0.15, 0.2) is 17.3 Å². The van der Waals surface area contributed by atoms with Gasteiger partial charge in [0.1, 0.15) is 0 Å². The molecule has 0 aromatic rings. The first-order valence-corrected chi connectivity index (χ1v) is 5.69. The molecule has 14 heavy (non-hydrogen) atoms. The van der Waals surface area contributed by atoms with Crippen LogP contribution in [0.4, 0.5) is 0 Å². The summed E-state index contributed by atoms with van der Waals surface area (Å²) in [4.78, 5) is 0. The maximum atomic E-state index is 9.09. The van der Waals surface area contributed by atoms with Crippen molar-refractivity contribution < 1.29 is 5.21 Å². The summed E-state index contributed by atoms with van der Waals surface area (Å²) in [5.74, 6) is 1.13. The molecule has 2 nitrogen and oxygen atoms in total. The van der Waals surface area contributed by atoms with Crippen LogP contribution in [-0.4, -0.2) is 10.9 Å². The molecule has 1 fully saturated rings. The molecule has 0 aromatic carbocycles. The molecule has 1 saturated carbocycles. The Kier molecular flexibility index (Phi) is 2.38. The molecule has 0 radical (unpaired) electrons. The fourth-order valence-electron chi connectivity index (χ4n) is 3.41. The van der Waals surface area contributed by atoms with Crippen molar-refractivity contribution in [3.05, 3.63) is 12.2 Å². The molecule has 0 spiro atoms. The van der Waals surface area contributed by atoms with E-state index in [1.807, 2.05) is 0 Å². The van der Waals surface area contributed by atoms with Crippen molar-refractivity contribution in [1.29, 1.82) is 0 Å². The van der Waals surface area contributed by atoms with Gasteiger partial charge in [-0.15, -0.1) is 0 Å². The van der Waals surface area contributed by atoms with Crippen molar-refractivity contribution in [2.75, 3.05) is 0 Å². The second-order valence-electron chi connectivity index (χ2n) is 4.50. The van der Waals surface area contributed by atoms with Crippen LogP contribution >= 0.6 is 0 Å². The van der Waals surface area contributed by atoms with Gasteiger partial charge in [-0.2, -0.15) is 0 Å². The summed E-state index contributed by atoms with van der Waals surface area (Å²) in [5.41, 5.74) is 1.28. The highest BCUT2D eigenvalue weighted by molar-refractivity contribution is 5.99. The first-order valence-electron chi connectivity index (χ1n) is 5.69. The van der Waals surface area contributed by atoms with E-state index in [2.05, 4.69) is 31.2 Å². The van der Waals surface area contributed by atoms with Crippen molar-refractivity contribution >= 4 is 5.71 Å². The van der Waals surface area contributed by atoms with Crippen molar-refractivity contribution in [3.8, 4) is 0 Å². The van der Waals surface area contributed by atoms with E-state index in [1.54, 1.807) is 0 Å². The highest BCUT2D eigenvalue weighted by Crippen LogP contribution is 2.57. The molecule has 2 aliphatic rings. The van der Waals surface area contributed by atoms with E-state index >= 15 is 0 Å². The largest absolute Gasteiger partial charge is 0.411 e. The molecule has 0 aliphatic heterocycles. The fourth-order valence-corrected chi connectivity index (χ4v) is 3.41. The van der Waals surface area contributed by atoms with Gasteiger partial charge in [0.25, 0.3) is 0 Å². The summed E-state index contributed by atoms with van der Waals surface area (Å²) >= 11 is 0. The van der Waals surface area contributed by atoms with Crippen LogP contribution in [-0.2, 0) is 0 Å². The number of allylic oxidation sites excluding steroid dienone is 2. The Bertz CT molecular complexity index is 282. The zero-order chi connectivity index (χ0) is 10.2. The maximum Gasteiger partial charge on any atom is 0.0675 e. The van der Waals surface area contributed by atoms with E-state index in [0.717, 1.165) is 25.0 Å². The number of fused-ring (bicyclic) bond motifs is 1. The molecular formula is C12H19NO. The van der Waals surface area contributed by atoms with Crippen LogP contribution < -0.4 is 0 Å². The van der Waals surface area contributed by atoms with Crippen molar-refractivity contribution in [3.63, 3.8) is 0 Å². The third-order valence-corrected chi connectivity index (χ3v) is 4.21. The predicted molar refractivity (Wildman–Crippen MR) is 57.6 cm³/mol. The summed E-state index contributed by atoms with van der Waals surface area (Å²) < 4.78 is 0. The van der Waals surface area contributed by atoms with Crippen LogP contribution in [0, 0.1) is 17.3 Å². The minimum absolute atomic E-state index is 0.212. The Morgan fingerprint density at radius 1 is 1.57 bits per heavy atom. The smallest absolute Gasteiger partial charge is 0.0675 e. The Morgan fingerprint density at radius 3 is 2.93 bits per heavy atom. The Labute approximate surface area is 85.7 Å². The third-order valence-electron chi connectivity index (χ3n) is 4.21. The zero-order valence-electron chi connectivity index (χ0n) is 9.03. The van der Waals surface area contributed by atoms with Gasteiger partial charge in [0.15, 0.2) is 0 Å². The van der Waals surface area contributed by atoms with Crippen LogP contribution in [0.5, 0.6) is 0 Å². The van der Waals surface area contributed by atoms with E-state index in [9.17, 15) is 0 Å². The highest BCUT2D eigenvalue weighted by atomic mass is 16.4.